The zero-order chi connectivity index (χ0) is 18.4. The van der Waals surface area contributed by atoms with Crippen molar-refractivity contribution in [3.8, 4) is 0 Å². The predicted molar refractivity (Wildman–Crippen MR) is 90.7 cm³/mol. The van der Waals surface area contributed by atoms with Crippen LogP contribution in [0.4, 0.5) is 20.6 Å². The van der Waals surface area contributed by atoms with Gasteiger partial charge in [0, 0.05) is 0 Å². The summed E-state index contributed by atoms with van der Waals surface area (Å²) in [6, 6.07) is 1.10. The molecule has 25 heavy (non-hydrogen) atoms. The predicted octanol–water partition coefficient (Wildman–Crippen LogP) is 1.94. The highest BCUT2D eigenvalue weighted by molar-refractivity contribution is 6.02. The summed E-state index contributed by atoms with van der Waals surface area (Å²) < 4.78 is 20.7. The van der Waals surface area contributed by atoms with Gasteiger partial charge < -0.3 is 15.8 Å². The fourth-order valence-electron chi connectivity index (χ4n) is 2.55. The fourth-order valence-corrected chi connectivity index (χ4v) is 2.55. The van der Waals surface area contributed by atoms with Crippen molar-refractivity contribution in [3.63, 3.8) is 0 Å². The Labute approximate surface area is 143 Å². The van der Waals surface area contributed by atoms with Crippen molar-refractivity contribution in [1.82, 2.24) is 9.61 Å². The molecule has 3 heterocycles. The first-order valence-electron chi connectivity index (χ1n) is 7.89. The minimum atomic E-state index is -1.52. The summed E-state index contributed by atoms with van der Waals surface area (Å²) in [7, 11) is 0. The number of halogens is 1. The number of rotatable bonds is 5. The van der Waals surface area contributed by atoms with Gasteiger partial charge in [-0.3, -0.25) is 9.69 Å². The van der Waals surface area contributed by atoms with E-state index in [0.29, 0.717) is 30.0 Å². The molecule has 2 aromatic heterocycles. The summed E-state index contributed by atoms with van der Waals surface area (Å²) in [5, 5.41) is 7.17. The molecule has 1 aliphatic rings. The number of nitrogens with zero attached hydrogens (tertiary/aromatic N) is 3. The molecule has 8 nitrogen and oxygen atoms in total. The molecule has 0 aromatic carbocycles. The van der Waals surface area contributed by atoms with E-state index in [9.17, 15) is 14.0 Å². The van der Waals surface area contributed by atoms with Crippen LogP contribution in [0.1, 0.15) is 31.1 Å². The van der Waals surface area contributed by atoms with Gasteiger partial charge in [-0.15, -0.1) is 0 Å². The number of hydrogen-bond acceptors (Lipinski definition) is 5. The van der Waals surface area contributed by atoms with E-state index in [0.717, 1.165) is 0 Å². The molecule has 0 radical (unpaired) electrons. The first-order chi connectivity index (χ1) is 11.7. The third-order valence-corrected chi connectivity index (χ3v) is 4.35. The maximum Gasteiger partial charge on any atom is 0.414 e. The molecule has 1 atom stereocenters. The minimum Gasteiger partial charge on any atom is -0.447 e. The average Bonchev–Trinajstić information content (AvgIpc) is 3.11. The Balaban J connectivity index is 2.10. The van der Waals surface area contributed by atoms with Gasteiger partial charge in [0.05, 0.1) is 47.4 Å². The van der Waals surface area contributed by atoms with Crippen LogP contribution in [0, 0.1) is 0 Å². The van der Waals surface area contributed by atoms with Gasteiger partial charge in [0.1, 0.15) is 12.3 Å². The summed E-state index contributed by atoms with van der Waals surface area (Å²) in [5.41, 5.74) is 5.53. The molecule has 0 spiro atoms. The molecule has 0 unspecified atom stereocenters. The number of aromatic nitrogens is 2. The maximum absolute atomic E-state index is 14.2. The molecule has 3 N–H and O–H groups in total. The number of cyclic esters (lactones) is 1. The van der Waals surface area contributed by atoms with Crippen LogP contribution >= 0.6 is 0 Å². The molecule has 1 aliphatic heterocycles. The first kappa shape index (κ1) is 17.0. The molecule has 3 rings (SSSR count). The number of nitrogens with one attached hydrogen (secondary N) is 1. The SMILES string of the molecule is C[C@@H](Nc1c(C(N)=O)cnn2cc(N3CCOC3=O)cc12)C(C)(C)F. The fraction of sp³-hybridized carbons (Fsp3) is 0.438. The number of nitrogens with two attached hydrogens (primary N) is 1. The van der Waals surface area contributed by atoms with Crippen LogP contribution in [-0.4, -0.2) is 46.5 Å². The Morgan fingerprint density at radius 2 is 2.24 bits per heavy atom. The van der Waals surface area contributed by atoms with Crippen molar-refractivity contribution in [2.75, 3.05) is 23.4 Å². The second-order valence-corrected chi connectivity index (χ2v) is 6.52. The molecule has 9 heteroatoms. The summed E-state index contributed by atoms with van der Waals surface area (Å²) in [6.45, 7) is 5.29. The van der Waals surface area contributed by atoms with Gasteiger partial charge in [-0.05, 0) is 26.8 Å². The van der Waals surface area contributed by atoms with Gasteiger partial charge in [-0.25, -0.2) is 13.7 Å². The number of fused-ring (bicyclic) bond motifs is 1. The molecule has 0 aliphatic carbocycles. The molecule has 1 saturated heterocycles. The van der Waals surface area contributed by atoms with E-state index in [4.69, 9.17) is 10.5 Å². The van der Waals surface area contributed by atoms with Crippen LogP contribution in [0.3, 0.4) is 0 Å². The topological polar surface area (TPSA) is 102 Å². The van der Waals surface area contributed by atoms with Crippen LogP contribution in [0.25, 0.3) is 5.52 Å². The third-order valence-electron chi connectivity index (χ3n) is 4.35. The second-order valence-electron chi connectivity index (χ2n) is 6.52. The summed E-state index contributed by atoms with van der Waals surface area (Å²) in [4.78, 5) is 25.0. The van der Waals surface area contributed by atoms with Crippen LogP contribution in [-0.2, 0) is 4.74 Å². The number of ether oxygens (including phenoxy) is 1. The van der Waals surface area contributed by atoms with Gasteiger partial charge in [0.25, 0.3) is 5.91 Å². The zero-order valence-electron chi connectivity index (χ0n) is 14.2. The van der Waals surface area contributed by atoms with E-state index in [-0.39, 0.29) is 5.56 Å². The molecular formula is C16H20FN5O3. The van der Waals surface area contributed by atoms with Crippen molar-refractivity contribution in [2.45, 2.75) is 32.5 Å². The number of amides is 2. The second kappa shape index (κ2) is 5.91. The minimum absolute atomic E-state index is 0.150. The molecular weight excluding hydrogens is 329 g/mol. The van der Waals surface area contributed by atoms with E-state index in [1.807, 2.05) is 0 Å². The Hall–Kier alpha value is -2.84. The van der Waals surface area contributed by atoms with E-state index >= 15 is 0 Å². The highest BCUT2D eigenvalue weighted by Gasteiger charge is 2.29. The lowest BCUT2D eigenvalue weighted by molar-refractivity contribution is 0.1000. The van der Waals surface area contributed by atoms with Gasteiger partial charge in [0.15, 0.2) is 0 Å². The van der Waals surface area contributed by atoms with E-state index < -0.39 is 23.7 Å². The Morgan fingerprint density at radius 3 is 2.80 bits per heavy atom. The molecule has 2 amide bonds. The summed E-state index contributed by atoms with van der Waals surface area (Å²) in [6.07, 6.45) is 2.52. The van der Waals surface area contributed by atoms with Crippen molar-refractivity contribution in [2.24, 2.45) is 5.73 Å². The average molecular weight is 349 g/mol. The number of anilines is 2. The van der Waals surface area contributed by atoms with Crippen LogP contribution in [0.5, 0.6) is 0 Å². The molecule has 134 valence electrons. The number of hydrogen-bond donors (Lipinski definition) is 2. The maximum atomic E-state index is 14.2. The van der Waals surface area contributed by atoms with Crippen LogP contribution in [0.2, 0.25) is 0 Å². The van der Waals surface area contributed by atoms with Crippen LogP contribution in [0.15, 0.2) is 18.5 Å². The lowest BCUT2D eigenvalue weighted by Crippen LogP contribution is -2.36. The molecule has 1 fully saturated rings. The lowest BCUT2D eigenvalue weighted by Gasteiger charge is -2.26. The molecule has 0 saturated carbocycles. The lowest BCUT2D eigenvalue weighted by atomic mass is 10.0. The molecule has 2 aromatic rings. The quantitative estimate of drug-likeness (QED) is 0.859. The van der Waals surface area contributed by atoms with Gasteiger partial charge in [-0.1, -0.05) is 0 Å². The van der Waals surface area contributed by atoms with E-state index in [1.165, 1.54) is 29.5 Å². The highest BCUT2D eigenvalue weighted by atomic mass is 19.1. The van der Waals surface area contributed by atoms with E-state index in [2.05, 4.69) is 10.4 Å². The summed E-state index contributed by atoms with van der Waals surface area (Å²) in [5.74, 6) is -0.676. The third kappa shape index (κ3) is 3.09. The number of primary amides is 1. The first-order valence-corrected chi connectivity index (χ1v) is 7.89. The standard InChI is InChI=1S/C16H20FN5O3/c1-9(16(2,3)17)20-13-11(14(18)23)7-19-22-8-10(6-12(13)22)21-4-5-25-15(21)24/h6-9,20H,4-5H2,1-3H3,(H2,18,23)/t9-/m1/s1. The van der Waals surface area contributed by atoms with E-state index in [1.54, 1.807) is 19.2 Å². The van der Waals surface area contributed by atoms with Crippen molar-refractivity contribution in [1.29, 1.82) is 0 Å². The van der Waals surface area contributed by atoms with Gasteiger partial charge >= 0.3 is 6.09 Å². The van der Waals surface area contributed by atoms with Crippen molar-refractivity contribution >= 4 is 28.9 Å². The van der Waals surface area contributed by atoms with Gasteiger partial charge in [-0.2, -0.15) is 5.10 Å². The Bertz CT molecular complexity index is 842. The normalized spacial score (nSPS) is 16.2. The largest absolute Gasteiger partial charge is 0.447 e. The number of alkyl halides is 1. The van der Waals surface area contributed by atoms with Gasteiger partial charge in [0.2, 0.25) is 0 Å². The number of carbonyl (C=O) groups excluding carboxylic acids is 2. The van der Waals surface area contributed by atoms with Crippen molar-refractivity contribution < 1.29 is 18.7 Å². The Kier molecular flexibility index (Phi) is 4.02. The molecule has 0 bridgehead atoms. The highest BCUT2D eigenvalue weighted by Crippen LogP contribution is 2.30. The Morgan fingerprint density at radius 1 is 1.52 bits per heavy atom. The smallest absolute Gasteiger partial charge is 0.414 e. The van der Waals surface area contributed by atoms with Crippen molar-refractivity contribution in [3.05, 3.63) is 24.0 Å². The summed E-state index contributed by atoms with van der Waals surface area (Å²) >= 11 is 0. The van der Waals surface area contributed by atoms with Crippen LogP contribution < -0.4 is 16.0 Å². The monoisotopic (exact) mass is 349 g/mol. The number of carbonyl (C=O) groups is 2. The zero-order valence-corrected chi connectivity index (χ0v) is 14.2.